The van der Waals surface area contributed by atoms with Gasteiger partial charge in [0.1, 0.15) is 0 Å². The highest BCUT2D eigenvalue weighted by Crippen LogP contribution is 2.31. The maximum atomic E-state index is 10.9. The molecule has 1 amide bonds. The molecule has 0 aromatic heterocycles. The van der Waals surface area contributed by atoms with Crippen LogP contribution in [0.15, 0.2) is 23.6 Å². The van der Waals surface area contributed by atoms with E-state index in [1.54, 1.807) is 12.1 Å². The normalized spacial score (nSPS) is 18.5. The molecule has 2 N–H and O–H groups in total. The molecule has 2 rings (SSSR count). The minimum atomic E-state index is -0.144. The van der Waals surface area contributed by atoms with E-state index < -0.39 is 0 Å². The summed E-state index contributed by atoms with van der Waals surface area (Å²) in [5, 5.41) is 9.04. The van der Waals surface area contributed by atoms with E-state index in [9.17, 15) is 4.79 Å². The molecule has 0 fully saturated rings. The van der Waals surface area contributed by atoms with Crippen molar-refractivity contribution in [3.8, 4) is 0 Å². The lowest BCUT2D eigenvalue weighted by Crippen LogP contribution is -2.38. The average molecular weight is 289 g/mol. The van der Waals surface area contributed by atoms with Gasteiger partial charge in [0.15, 0.2) is 5.50 Å². The van der Waals surface area contributed by atoms with Gasteiger partial charge in [0.25, 0.3) is 0 Å². The topological polar surface area (TPSA) is 41.1 Å². The van der Waals surface area contributed by atoms with Crippen LogP contribution in [0.4, 0.5) is 0 Å². The van der Waals surface area contributed by atoms with Crippen LogP contribution in [-0.2, 0) is 4.79 Å². The quantitative estimate of drug-likeness (QED) is 0.879. The molecule has 0 saturated carbocycles. The van der Waals surface area contributed by atoms with Crippen molar-refractivity contribution >= 4 is 46.6 Å². The number of halogens is 2. The first-order chi connectivity index (χ1) is 8.06. The van der Waals surface area contributed by atoms with Crippen LogP contribution in [0, 0.1) is 0 Å². The molecule has 1 aromatic carbocycles. The highest BCUT2D eigenvalue weighted by molar-refractivity contribution is 8.03. The maximum absolute atomic E-state index is 10.9. The van der Waals surface area contributed by atoms with Crippen molar-refractivity contribution in [3.63, 3.8) is 0 Å². The highest BCUT2D eigenvalue weighted by Gasteiger charge is 2.19. The summed E-state index contributed by atoms with van der Waals surface area (Å²) in [7, 11) is 0. The van der Waals surface area contributed by atoms with Gasteiger partial charge in [-0.05, 0) is 23.6 Å². The lowest BCUT2D eigenvalue weighted by Gasteiger charge is -2.14. The van der Waals surface area contributed by atoms with Crippen molar-refractivity contribution in [1.29, 1.82) is 0 Å². The van der Waals surface area contributed by atoms with Crippen LogP contribution in [-0.4, -0.2) is 11.4 Å². The summed E-state index contributed by atoms with van der Waals surface area (Å²) in [6.07, 6.45) is 0. The lowest BCUT2D eigenvalue weighted by molar-refractivity contribution is -0.119. The highest BCUT2D eigenvalue weighted by atomic mass is 35.5. The first-order valence-electron chi connectivity index (χ1n) is 4.91. The minimum absolute atomic E-state index is 0.0770. The number of carbonyl (C=O) groups excluding carboxylic acids is 1. The predicted molar refractivity (Wildman–Crippen MR) is 72.8 cm³/mol. The van der Waals surface area contributed by atoms with Gasteiger partial charge >= 0.3 is 0 Å². The summed E-state index contributed by atoms with van der Waals surface area (Å²) in [6, 6.07) is 5.32. The van der Waals surface area contributed by atoms with E-state index in [2.05, 4.69) is 10.6 Å². The second-order valence-electron chi connectivity index (χ2n) is 3.52. The Morgan fingerprint density at radius 1 is 1.47 bits per heavy atom. The van der Waals surface area contributed by atoms with Crippen molar-refractivity contribution < 1.29 is 4.79 Å². The zero-order chi connectivity index (χ0) is 12.4. The van der Waals surface area contributed by atoms with Crippen LogP contribution in [0.2, 0.25) is 10.0 Å². The Labute approximate surface area is 114 Å². The number of thioether (sulfide) groups is 1. The number of nitrogens with one attached hydrogen (secondary N) is 2. The van der Waals surface area contributed by atoms with Crippen molar-refractivity contribution in [2.24, 2.45) is 0 Å². The summed E-state index contributed by atoms with van der Waals surface area (Å²) in [4.78, 5) is 10.9. The van der Waals surface area contributed by atoms with Crippen LogP contribution >= 0.6 is 35.0 Å². The SMILES string of the molecule is CC(=O)NC1NC(c2ccc(Cl)cc2Cl)=CS1. The third-order valence-electron chi connectivity index (χ3n) is 2.16. The van der Waals surface area contributed by atoms with Crippen LogP contribution in [0.3, 0.4) is 0 Å². The predicted octanol–water partition coefficient (Wildman–Crippen LogP) is 3.05. The summed E-state index contributed by atoms with van der Waals surface area (Å²) in [5.74, 6) is -0.0770. The Morgan fingerprint density at radius 3 is 2.88 bits per heavy atom. The molecule has 90 valence electrons. The second-order valence-corrected chi connectivity index (χ2v) is 5.34. The monoisotopic (exact) mass is 288 g/mol. The van der Waals surface area contributed by atoms with Gasteiger partial charge in [-0.2, -0.15) is 0 Å². The van der Waals surface area contributed by atoms with E-state index in [4.69, 9.17) is 23.2 Å². The van der Waals surface area contributed by atoms with E-state index in [0.29, 0.717) is 10.0 Å². The summed E-state index contributed by atoms with van der Waals surface area (Å²) in [5.41, 5.74) is 1.61. The molecule has 6 heteroatoms. The average Bonchev–Trinajstić information content (AvgIpc) is 2.65. The molecule has 0 saturated heterocycles. The number of amides is 1. The molecule has 1 aliphatic heterocycles. The smallest absolute Gasteiger partial charge is 0.219 e. The summed E-state index contributed by atoms with van der Waals surface area (Å²) in [6.45, 7) is 1.48. The van der Waals surface area contributed by atoms with E-state index in [-0.39, 0.29) is 11.4 Å². The van der Waals surface area contributed by atoms with Crippen molar-refractivity contribution in [2.45, 2.75) is 12.4 Å². The molecule has 0 radical (unpaired) electrons. The molecule has 1 heterocycles. The van der Waals surface area contributed by atoms with Gasteiger partial charge in [0.05, 0.1) is 10.7 Å². The zero-order valence-corrected chi connectivity index (χ0v) is 11.3. The molecule has 1 atom stereocenters. The molecule has 0 spiro atoms. The Bertz CT molecular complexity index is 490. The number of benzene rings is 1. The first-order valence-corrected chi connectivity index (χ1v) is 6.61. The molecule has 3 nitrogen and oxygen atoms in total. The van der Waals surface area contributed by atoms with Crippen molar-refractivity contribution in [1.82, 2.24) is 10.6 Å². The molecular weight excluding hydrogens is 279 g/mol. The van der Waals surface area contributed by atoms with Crippen LogP contribution in [0.1, 0.15) is 12.5 Å². The van der Waals surface area contributed by atoms with Crippen molar-refractivity contribution in [3.05, 3.63) is 39.2 Å². The fourth-order valence-electron chi connectivity index (χ4n) is 1.45. The zero-order valence-electron chi connectivity index (χ0n) is 8.96. The van der Waals surface area contributed by atoms with Crippen LogP contribution in [0.25, 0.3) is 5.70 Å². The van der Waals surface area contributed by atoms with E-state index in [1.807, 2.05) is 11.5 Å². The molecule has 1 aromatic rings. The van der Waals surface area contributed by atoms with Gasteiger partial charge in [-0.1, -0.05) is 35.0 Å². The maximum Gasteiger partial charge on any atom is 0.219 e. The number of rotatable bonds is 2. The fraction of sp³-hybridized carbons (Fsp3) is 0.182. The molecule has 1 unspecified atom stereocenters. The molecule has 17 heavy (non-hydrogen) atoms. The Morgan fingerprint density at radius 2 is 2.24 bits per heavy atom. The molecular formula is C11H10Cl2N2OS. The van der Waals surface area contributed by atoms with Gasteiger partial charge in [0.2, 0.25) is 5.91 Å². The number of carbonyl (C=O) groups is 1. The Hall–Kier alpha value is -0.840. The summed E-state index contributed by atoms with van der Waals surface area (Å²) >= 11 is 13.4. The first kappa shape index (κ1) is 12.6. The number of hydrogen-bond acceptors (Lipinski definition) is 3. The lowest BCUT2D eigenvalue weighted by atomic mass is 10.2. The molecule has 0 bridgehead atoms. The van der Waals surface area contributed by atoms with Gasteiger partial charge in [-0.25, -0.2) is 0 Å². The Kier molecular flexibility index (Phi) is 3.86. The van der Waals surface area contributed by atoms with Gasteiger partial charge in [0, 0.05) is 17.5 Å². The van der Waals surface area contributed by atoms with E-state index >= 15 is 0 Å². The van der Waals surface area contributed by atoms with E-state index in [1.165, 1.54) is 18.7 Å². The van der Waals surface area contributed by atoms with Gasteiger partial charge in [-0.3, -0.25) is 4.79 Å². The largest absolute Gasteiger partial charge is 0.356 e. The van der Waals surface area contributed by atoms with Gasteiger partial charge < -0.3 is 10.6 Å². The van der Waals surface area contributed by atoms with Crippen LogP contribution in [0.5, 0.6) is 0 Å². The third-order valence-corrected chi connectivity index (χ3v) is 3.59. The molecule has 1 aliphatic rings. The second kappa shape index (κ2) is 5.21. The van der Waals surface area contributed by atoms with Gasteiger partial charge in [-0.15, -0.1) is 0 Å². The van der Waals surface area contributed by atoms with E-state index in [0.717, 1.165) is 11.3 Å². The molecule has 0 aliphatic carbocycles. The van der Waals surface area contributed by atoms with Crippen LogP contribution < -0.4 is 10.6 Å². The summed E-state index contributed by atoms with van der Waals surface area (Å²) < 4.78 is 0. The van der Waals surface area contributed by atoms with Crippen molar-refractivity contribution in [2.75, 3.05) is 0 Å². The Balaban J connectivity index is 2.12. The number of hydrogen-bond donors (Lipinski definition) is 2. The third kappa shape index (κ3) is 3.09. The minimum Gasteiger partial charge on any atom is -0.356 e. The standard InChI is InChI=1S/C11H10Cl2N2OS/c1-6(16)14-11-15-10(5-17-11)8-3-2-7(12)4-9(8)13/h2-5,11,15H,1H3,(H,14,16). The fourth-order valence-corrected chi connectivity index (χ4v) is 2.86.